The highest BCUT2D eigenvalue weighted by Crippen LogP contribution is 2.26. The van der Waals surface area contributed by atoms with E-state index in [9.17, 15) is 0 Å². The van der Waals surface area contributed by atoms with Crippen LogP contribution in [0.1, 0.15) is 24.8 Å². The number of rotatable bonds is 3. The van der Waals surface area contributed by atoms with Gasteiger partial charge in [-0.25, -0.2) is 0 Å². The Kier molecular flexibility index (Phi) is 3.54. The molecule has 0 fully saturated rings. The third kappa shape index (κ3) is 2.21. The van der Waals surface area contributed by atoms with E-state index in [0.717, 1.165) is 6.42 Å². The molecule has 12 heavy (non-hydrogen) atoms. The maximum Gasteiger partial charge on any atom is 0.0210 e. The summed E-state index contributed by atoms with van der Waals surface area (Å²) >= 11 is 3.53. The summed E-state index contributed by atoms with van der Waals surface area (Å²) in [5.74, 6) is 0.554. The minimum Gasteiger partial charge on any atom is -0.103 e. The Morgan fingerprint density at radius 1 is 1.50 bits per heavy atom. The topological polar surface area (TPSA) is 0 Å². The number of hydrogen-bond acceptors (Lipinski definition) is 0. The molecule has 1 heteroatoms. The second-order valence-corrected chi connectivity index (χ2v) is 3.80. The standard InChI is InChI=1S/C11H13Br/c1-3-6-9(2)10-7-4-5-8-11(10)12/h3-5,7-9H,1,6H2,2H3. The maximum atomic E-state index is 3.74. The van der Waals surface area contributed by atoms with Crippen molar-refractivity contribution in [1.29, 1.82) is 0 Å². The van der Waals surface area contributed by atoms with Gasteiger partial charge in [-0.3, -0.25) is 0 Å². The Morgan fingerprint density at radius 3 is 2.75 bits per heavy atom. The first kappa shape index (κ1) is 9.53. The summed E-state index contributed by atoms with van der Waals surface area (Å²) in [7, 11) is 0. The van der Waals surface area contributed by atoms with E-state index in [2.05, 4.69) is 47.6 Å². The van der Waals surface area contributed by atoms with Crippen molar-refractivity contribution in [3.63, 3.8) is 0 Å². The van der Waals surface area contributed by atoms with E-state index in [1.54, 1.807) is 0 Å². The Balaban J connectivity index is 2.86. The molecule has 0 amide bonds. The highest BCUT2D eigenvalue weighted by Gasteiger charge is 2.05. The normalized spacial score (nSPS) is 12.5. The van der Waals surface area contributed by atoms with Gasteiger partial charge in [0.2, 0.25) is 0 Å². The molecule has 0 nitrogen and oxygen atoms in total. The van der Waals surface area contributed by atoms with Crippen LogP contribution in [0.4, 0.5) is 0 Å². The van der Waals surface area contributed by atoms with Gasteiger partial charge in [-0.15, -0.1) is 6.58 Å². The lowest BCUT2D eigenvalue weighted by Crippen LogP contribution is -1.92. The average molecular weight is 225 g/mol. The van der Waals surface area contributed by atoms with E-state index in [4.69, 9.17) is 0 Å². The van der Waals surface area contributed by atoms with Gasteiger partial charge in [0, 0.05) is 4.47 Å². The summed E-state index contributed by atoms with van der Waals surface area (Å²) in [6.45, 7) is 5.95. The molecule has 0 saturated carbocycles. The van der Waals surface area contributed by atoms with Gasteiger partial charge >= 0.3 is 0 Å². The third-order valence-electron chi connectivity index (χ3n) is 1.96. The molecule has 1 rings (SSSR count). The third-order valence-corrected chi connectivity index (χ3v) is 2.68. The van der Waals surface area contributed by atoms with Gasteiger partial charge in [0.25, 0.3) is 0 Å². The Morgan fingerprint density at radius 2 is 2.17 bits per heavy atom. The van der Waals surface area contributed by atoms with Gasteiger partial charge in [0.1, 0.15) is 0 Å². The molecule has 1 aromatic carbocycles. The van der Waals surface area contributed by atoms with Crippen LogP contribution in [-0.4, -0.2) is 0 Å². The van der Waals surface area contributed by atoms with E-state index < -0.39 is 0 Å². The van der Waals surface area contributed by atoms with E-state index in [1.807, 2.05) is 12.1 Å². The van der Waals surface area contributed by atoms with Crippen LogP contribution in [0.15, 0.2) is 41.4 Å². The van der Waals surface area contributed by atoms with Crippen molar-refractivity contribution in [2.24, 2.45) is 0 Å². The predicted octanol–water partition coefficient (Wildman–Crippen LogP) is 4.13. The molecular formula is C11H13Br. The molecule has 0 aliphatic rings. The van der Waals surface area contributed by atoms with Crippen LogP contribution >= 0.6 is 15.9 Å². The van der Waals surface area contributed by atoms with Gasteiger partial charge in [0.15, 0.2) is 0 Å². The fourth-order valence-electron chi connectivity index (χ4n) is 1.25. The first-order chi connectivity index (χ1) is 5.75. The van der Waals surface area contributed by atoms with Gasteiger partial charge in [0.05, 0.1) is 0 Å². The van der Waals surface area contributed by atoms with Crippen molar-refractivity contribution in [3.05, 3.63) is 47.0 Å². The van der Waals surface area contributed by atoms with Crippen molar-refractivity contribution in [1.82, 2.24) is 0 Å². The molecule has 0 heterocycles. The summed E-state index contributed by atoms with van der Waals surface area (Å²) in [5.41, 5.74) is 1.36. The second kappa shape index (κ2) is 4.46. The fraction of sp³-hybridized carbons (Fsp3) is 0.273. The predicted molar refractivity (Wildman–Crippen MR) is 57.4 cm³/mol. The summed E-state index contributed by atoms with van der Waals surface area (Å²) in [4.78, 5) is 0. The van der Waals surface area contributed by atoms with Gasteiger partial charge < -0.3 is 0 Å². The molecule has 0 N–H and O–H groups in total. The Bertz CT molecular complexity index is 265. The van der Waals surface area contributed by atoms with E-state index >= 15 is 0 Å². The lowest BCUT2D eigenvalue weighted by atomic mass is 9.98. The van der Waals surface area contributed by atoms with Crippen LogP contribution in [0, 0.1) is 0 Å². The monoisotopic (exact) mass is 224 g/mol. The first-order valence-electron chi connectivity index (χ1n) is 4.11. The number of hydrogen-bond donors (Lipinski definition) is 0. The smallest absolute Gasteiger partial charge is 0.0210 e. The molecule has 0 spiro atoms. The minimum absolute atomic E-state index is 0.554. The van der Waals surface area contributed by atoms with Crippen molar-refractivity contribution >= 4 is 15.9 Å². The molecule has 0 saturated heterocycles. The SMILES string of the molecule is C=CCC(C)c1ccccc1Br. The average Bonchev–Trinajstić information content (AvgIpc) is 2.05. The Labute approximate surface area is 82.4 Å². The first-order valence-corrected chi connectivity index (χ1v) is 4.90. The Hall–Kier alpha value is -0.560. The highest BCUT2D eigenvalue weighted by atomic mass is 79.9. The van der Waals surface area contributed by atoms with Crippen molar-refractivity contribution in [2.45, 2.75) is 19.3 Å². The largest absolute Gasteiger partial charge is 0.103 e. The molecule has 1 unspecified atom stereocenters. The molecule has 64 valence electrons. The van der Waals surface area contributed by atoms with Crippen LogP contribution in [0.5, 0.6) is 0 Å². The minimum atomic E-state index is 0.554. The summed E-state index contributed by atoms with van der Waals surface area (Å²) < 4.78 is 1.19. The van der Waals surface area contributed by atoms with Gasteiger partial charge in [-0.05, 0) is 24.0 Å². The summed E-state index contributed by atoms with van der Waals surface area (Å²) in [6.07, 6.45) is 2.99. The summed E-state index contributed by atoms with van der Waals surface area (Å²) in [5, 5.41) is 0. The van der Waals surface area contributed by atoms with Crippen molar-refractivity contribution < 1.29 is 0 Å². The lowest BCUT2D eigenvalue weighted by Gasteiger charge is -2.10. The lowest BCUT2D eigenvalue weighted by molar-refractivity contribution is 0.778. The summed E-state index contributed by atoms with van der Waals surface area (Å²) in [6, 6.07) is 8.33. The quantitative estimate of drug-likeness (QED) is 0.678. The zero-order chi connectivity index (χ0) is 8.97. The fourth-order valence-corrected chi connectivity index (χ4v) is 1.93. The molecule has 0 aliphatic carbocycles. The van der Waals surface area contributed by atoms with Crippen LogP contribution in [0.3, 0.4) is 0 Å². The zero-order valence-corrected chi connectivity index (χ0v) is 8.84. The second-order valence-electron chi connectivity index (χ2n) is 2.95. The molecule has 1 atom stereocenters. The zero-order valence-electron chi connectivity index (χ0n) is 7.26. The van der Waals surface area contributed by atoms with Crippen molar-refractivity contribution in [3.8, 4) is 0 Å². The van der Waals surface area contributed by atoms with E-state index in [1.165, 1.54) is 10.0 Å². The van der Waals surface area contributed by atoms with Crippen LogP contribution in [-0.2, 0) is 0 Å². The maximum absolute atomic E-state index is 3.74. The molecular weight excluding hydrogens is 212 g/mol. The molecule has 0 aromatic heterocycles. The molecule has 0 radical (unpaired) electrons. The molecule has 0 bridgehead atoms. The van der Waals surface area contributed by atoms with Gasteiger partial charge in [-0.1, -0.05) is 47.1 Å². The molecule has 1 aromatic rings. The van der Waals surface area contributed by atoms with Crippen LogP contribution in [0.2, 0.25) is 0 Å². The van der Waals surface area contributed by atoms with Crippen LogP contribution < -0.4 is 0 Å². The van der Waals surface area contributed by atoms with Crippen molar-refractivity contribution in [2.75, 3.05) is 0 Å². The number of allylic oxidation sites excluding steroid dienone is 1. The number of benzene rings is 1. The van der Waals surface area contributed by atoms with E-state index in [-0.39, 0.29) is 0 Å². The van der Waals surface area contributed by atoms with Crippen LogP contribution in [0.25, 0.3) is 0 Å². The van der Waals surface area contributed by atoms with Gasteiger partial charge in [-0.2, -0.15) is 0 Å². The molecule has 0 aliphatic heterocycles. The highest BCUT2D eigenvalue weighted by molar-refractivity contribution is 9.10. The van der Waals surface area contributed by atoms with E-state index in [0.29, 0.717) is 5.92 Å². The number of halogens is 1.